The van der Waals surface area contributed by atoms with E-state index in [1.807, 2.05) is 13.8 Å². The molecule has 0 bridgehead atoms. The molecule has 0 unspecified atom stereocenters. The smallest absolute Gasteiger partial charge is 0.180 e. The molecule has 0 radical (unpaired) electrons. The highest BCUT2D eigenvalue weighted by Crippen LogP contribution is 1.99. The third-order valence-corrected chi connectivity index (χ3v) is 1.51. The van der Waals surface area contributed by atoms with Gasteiger partial charge < -0.3 is 9.72 Å². The number of aromatic amines is 1. The number of fused-ring (bicyclic) bond motifs is 1. The summed E-state index contributed by atoms with van der Waals surface area (Å²) < 4.78 is 4.83. The van der Waals surface area contributed by atoms with Crippen LogP contribution < -0.4 is 0 Å². The molecule has 0 aliphatic carbocycles. The van der Waals surface area contributed by atoms with E-state index in [4.69, 9.17) is 4.74 Å². The summed E-state index contributed by atoms with van der Waals surface area (Å²) in [6.07, 6.45) is 4.76. The standard InChI is InChI=1S/C5H4N4.C4H10O/c1-4-5(8-2-6-1)9-3-7-4;1-3-5-4-2/h1-3H,(H,6,7,8,9);3-4H2,1-2H3. The molecule has 0 aromatic carbocycles. The number of aromatic nitrogens is 4. The van der Waals surface area contributed by atoms with Crippen LogP contribution in [0, 0.1) is 0 Å². The quantitative estimate of drug-likeness (QED) is 0.784. The van der Waals surface area contributed by atoms with Crippen LogP contribution in [0.2, 0.25) is 0 Å². The number of H-pyrrole nitrogens is 1. The van der Waals surface area contributed by atoms with Gasteiger partial charge in [-0.05, 0) is 13.8 Å². The molecule has 0 amide bonds. The summed E-state index contributed by atoms with van der Waals surface area (Å²) >= 11 is 0. The fourth-order valence-electron chi connectivity index (χ4n) is 0.895. The monoisotopic (exact) mass is 194 g/mol. The zero-order valence-electron chi connectivity index (χ0n) is 8.40. The summed E-state index contributed by atoms with van der Waals surface area (Å²) in [5.74, 6) is 0. The molecular weight excluding hydrogens is 180 g/mol. The first-order valence-electron chi connectivity index (χ1n) is 4.55. The Balaban J connectivity index is 0.000000171. The van der Waals surface area contributed by atoms with E-state index < -0.39 is 0 Å². The lowest BCUT2D eigenvalue weighted by molar-refractivity contribution is 0.162. The summed E-state index contributed by atoms with van der Waals surface area (Å²) in [6.45, 7) is 5.67. The molecular formula is C9H14N4O. The Morgan fingerprint density at radius 2 is 2.07 bits per heavy atom. The van der Waals surface area contributed by atoms with Gasteiger partial charge in [-0.15, -0.1) is 0 Å². The fourth-order valence-corrected chi connectivity index (χ4v) is 0.895. The van der Waals surface area contributed by atoms with Gasteiger partial charge in [0.15, 0.2) is 5.65 Å². The average molecular weight is 194 g/mol. The minimum Gasteiger partial charge on any atom is -0.382 e. The van der Waals surface area contributed by atoms with E-state index in [9.17, 15) is 0 Å². The van der Waals surface area contributed by atoms with Crippen molar-refractivity contribution in [2.24, 2.45) is 0 Å². The first-order valence-corrected chi connectivity index (χ1v) is 4.55. The van der Waals surface area contributed by atoms with E-state index in [1.54, 1.807) is 12.5 Å². The Bertz CT molecular complexity index is 328. The Morgan fingerprint density at radius 1 is 1.29 bits per heavy atom. The molecule has 5 nitrogen and oxygen atoms in total. The van der Waals surface area contributed by atoms with E-state index in [1.165, 1.54) is 6.33 Å². The third-order valence-electron chi connectivity index (χ3n) is 1.51. The number of ether oxygens (including phenoxy) is 1. The molecule has 2 aromatic heterocycles. The predicted octanol–water partition coefficient (Wildman–Crippen LogP) is 1.40. The van der Waals surface area contributed by atoms with Gasteiger partial charge in [0.05, 0.1) is 12.5 Å². The molecule has 14 heavy (non-hydrogen) atoms. The van der Waals surface area contributed by atoms with E-state index in [2.05, 4.69) is 19.9 Å². The van der Waals surface area contributed by atoms with Crippen molar-refractivity contribution in [3.05, 3.63) is 18.9 Å². The molecule has 0 atom stereocenters. The van der Waals surface area contributed by atoms with Crippen LogP contribution in [0.15, 0.2) is 18.9 Å². The molecule has 0 fully saturated rings. The summed E-state index contributed by atoms with van der Waals surface area (Å²) in [6, 6.07) is 0. The first-order chi connectivity index (χ1) is 6.88. The van der Waals surface area contributed by atoms with Crippen molar-refractivity contribution in [2.45, 2.75) is 13.8 Å². The number of rotatable bonds is 2. The van der Waals surface area contributed by atoms with Crippen LogP contribution in [0.5, 0.6) is 0 Å². The molecule has 0 aliphatic heterocycles. The van der Waals surface area contributed by atoms with Crippen molar-refractivity contribution in [3.8, 4) is 0 Å². The van der Waals surface area contributed by atoms with E-state index in [0.717, 1.165) is 18.7 Å². The van der Waals surface area contributed by atoms with Crippen LogP contribution in [-0.2, 0) is 4.74 Å². The minimum absolute atomic E-state index is 0.713. The van der Waals surface area contributed by atoms with Crippen LogP contribution >= 0.6 is 0 Å². The number of hydrogen-bond acceptors (Lipinski definition) is 4. The largest absolute Gasteiger partial charge is 0.382 e. The maximum Gasteiger partial charge on any atom is 0.180 e. The highest BCUT2D eigenvalue weighted by atomic mass is 16.5. The third kappa shape index (κ3) is 3.10. The van der Waals surface area contributed by atoms with Gasteiger partial charge in [-0.1, -0.05) is 0 Å². The topological polar surface area (TPSA) is 63.7 Å². The zero-order valence-corrected chi connectivity index (χ0v) is 8.40. The number of imidazole rings is 1. The molecule has 2 rings (SSSR count). The minimum atomic E-state index is 0.713. The van der Waals surface area contributed by atoms with Crippen molar-refractivity contribution in [3.63, 3.8) is 0 Å². The van der Waals surface area contributed by atoms with Gasteiger partial charge >= 0.3 is 0 Å². The highest BCUT2D eigenvalue weighted by Gasteiger charge is 1.91. The Labute approximate surface area is 82.6 Å². The molecule has 0 saturated carbocycles. The maximum absolute atomic E-state index is 4.83. The Hall–Kier alpha value is -1.49. The van der Waals surface area contributed by atoms with Gasteiger partial charge in [0.2, 0.25) is 0 Å². The summed E-state index contributed by atoms with van der Waals surface area (Å²) in [5.41, 5.74) is 1.59. The van der Waals surface area contributed by atoms with Crippen LogP contribution in [0.1, 0.15) is 13.8 Å². The van der Waals surface area contributed by atoms with Crippen LogP contribution in [-0.4, -0.2) is 33.1 Å². The van der Waals surface area contributed by atoms with Crippen molar-refractivity contribution in [1.29, 1.82) is 0 Å². The van der Waals surface area contributed by atoms with Gasteiger partial charge in [-0.3, -0.25) is 0 Å². The summed E-state index contributed by atoms with van der Waals surface area (Å²) in [4.78, 5) is 14.5. The van der Waals surface area contributed by atoms with E-state index in [-0.39, 0.29) is 0 Å². The van der Waals surface area contributed by atoms with Crippen molar-refractivity contribution >= 4 is 11.2 Å². The number of hydrogen-bond donors (Lipinski definition) is 1. The molecule has 5 heteroatoms. The van der Waals surface area contributed by atoms with Crippen molar-refractivity contribution in [1.82, 2.24) is 19.9 Å². The van der Waals surface area contributed by atoms with Gasteiger partial charge in [0.1, 0.15) is 11.8 Å². The molecule has 2 heterocycles. The van der Waals surface area contributed by atoms with Crippen LogP contribution in [0.25, 0.3) is 11.2 Å². The fraction of sp³-hybridized carbons (Fsp3) is 0.444. The van der Waals surface area contributed by atoms with Gasteiger partial charge in [0.25, 0.3) is 0 Å². The SMILES string of the molecule is CCOCC.c1ncc2[nH]cnc2n1. The summed E-state index contributed by atoms with van der Waals surface area (Å²) in [7, 11) is 0. The molecule has 0 spiro atoms. The second-order valence-corrected chi connectivity index (χ2v) is 2.44. The first kappa shape index (κ1) is 10.6. The Morgan fingerprint density at radius 3 is 2.64 bits per heavy atom. The molecule has 76 valence electrons. The normalized spacial score (nSPS) is 9.57. The van der Waals surface area contributed by atoms with Crippen molar-refractivity contribution in [2.75, 3.05) is 13.2 Å². The lowest BCUT2D eigenvalue weighted by atomic mass is 10.6. The Kier molecular flexibility index (Phi) is 4.57. The number of nitrogens with one attached hydrogen (secondary N) is 1. The molecule has 1 N–H and O–H groups in total. The van der Waals surface area contributed by atoms with Gasteiger partial charge in [-0.25, -0.2) is 15.0 Å². The van der Waals surface area contributed by atoms with E-state index >= 15 is 0 Å². The van der Waals surface area contributed by atoms with Gasteiger partial charge in [-0.2, -0.15) is 0 Å². The van der Waals surface area contributed by atoms with Gasteiger partial charge in [0, 0.05) is 13.2 Å². The second-order valence-electron chi connectivity index (χ2n) is 2.44. The molecule has 2 aromatic rings. The lowest BCUT2D eigenvalue weighted by Crippen LogP contribution is -1.84. The van der Waals surface area contributed by atoms with Crippen LogP contribution in [0.3, 0.4) is 0 Å². The molecule has 0 aliphatic rings. The lowest BCUT2D eigenvalue weighted by Gasteiger charge is -1.86. The van der Waals surface area contributed by atoms with Crippen LogP contribution in [0.4, 0.5) is 0 Å². The second kappa shape index (κ2) is 6.04. The molecule has 0 saturated heterocycles. The highest BCUT2D eigenvalue weighted by molar-refractivity contribution is 5.67. The predicted molar refractivity (Wildman–Crippen MR) is 53.9 cm³/mol. The number of nitrogens with zero attached hydrogens (tertiary/aromatic N) is 3. The average Bonchev–Trinajstić information content (AvgIpc) is 2.67. The summed E-state index contributed by atoms with van der Waals surface area (Å²) in [5, 5.41) is 0. The van der Waals surface area contributed by atoms with Crippen molar-refractivity contribution < 1.29 is 4.74 Å². The van der Waals surface area contributed by atoms with E-state index in [0.29, 0.717) is 5.65 Å². The maximum atomic E-state index is 4.83. The zero-order chi connectivity index (χ0) is 10.2.